The van der Waals surface area contributed by atoms with E-state index in [4.69, 9.17) is 4.42 Å². The second kappa shape index (κ2) is 6.34. The predicted molar refractivity (Wildman–Crippen MR) is 104 cm³/mol. The molecule has 0 amide bonds. The highest BCUT2D eigenvalue weighted by atomic mass is 32.2. The molecule has 0 saturated heterocycles. The van der Waals surface area contributed by atoms with Gasteiger partial charge in [-0.05, 0) is 23.4 Å². The smallest absolute Gasteiger partial charge is 0.175 e. The molecule has 124 valence electrons. The minimum Gasteiger partial charge on any atom is -0.504 e. The van der Waals surface area contributed by atoms with Crippen molar-refractivity contribution >= 4 is 22.7 Å². The second-order valence-corrected chi connectivity index (χ2v) is 6.94. The fourth-order valence-electron chi connectivity index (χ4n) is 3.48. The van der Waals surface area contributed by atoms with Gasteiger partial charge < -0.3 is 9.52 Å². The predicted octanol–water partition coefficient (Wildman–Crippen LogP) is 5.79. The van der Waals surface area contributed by atoms with Gasteiger partial charge >= 0.3 is 0 Å². The van der Waals surface area contributed by atoms with E-state index >= 15 is 0 Å². The Bertz CT molecular complexity index is 951. The van der Waals surface area contributed by atoms with E-state index in [0.29, 0.717) is 5.58 Å². The van der Waals surface area contributed by atoms with Gasteiger partial charge in [-0.25, -0.2) is 0 Å². The van der Waals surface area contributed by atoms with E-state index in [-0.39, 0.29) is 5.75 Å². The van der Waals surface area contributed by atoms with Crippen molar-refractivity contribution in [3.63, 3.8) is 0 Å². The van der Waals surface area contributed by atoms with E-state index in [0.717, 1.165) is 10.9 Å². The Balaban J connectivity index is 2.09. The zero-order valence-corrected chi connectivity index (χ0v) is 14.7. The molecule has 0 fully saturated rings. The third-order valence-electron chi connectivity index (χ3n) is 4.63. The lowest BCUT2D eigenvalue weighted by molar-refractivity contribution is 0.465. The Kier molecular flexibility index (Phi) is 4.02. The van der Waals surface area contributed by atoms with Gasteiger partial charge in [-0.15, -0.1) is 11.8 Å². The van der Waals surface area contributed by atoms with E-state index in [1.54, 1.807) is 24.1 Å². The molecule has 0 radical (unpaired) electrons. The topological polar surface area (TPSA) is 33.4 Å². The van der Waals surface area contributed by atoms with Crippen LogP contribution < -0.4 is 0 Å². The normalized spacial score (nSPS) is 11.7. The highest BCUT2D eigenvalue weighted by Crippen LogP contribution is 2.50. The molecule has 1 heterocycles. The fourth-order valence-corrected chi connectivity index (χ4v) is 4.61. The van der Waals surface area contributed by atoms with Gasteiger partial charge in [-0.1, -0.05) is 72.8 Å². The number of phenolic OH excluding ortho intramolecular Hbond substituents is 1. The van der Waals surface area contributed by atoms with Crippen LogP contribution in [-0.4, -0.2) is 11.4 Å². The van der Waals surface area contributed by atoms with Crippen molar-refractivity contribution in [2.75, 3.05) is 6.26 Å². The molecule has 1 aromatic heterocycles. The van der Waals surface area contributed by atoms with Crippen LogP contribution in [0.5, 0.6) is 5.75 Å². The number of thioether (sulfide) groups is 1. The molecule has 3 heteroatoms. The summed E-state index contributed by atoms with van der Waals surface area (Å²) in [6, 6.07) is 26.4. The molecule has 0 aliphatic rings. The minimum absolute atomic E-state index is 0.167. The van der Waals surface area contributed by atoms with Gasteiger partial charge in [-0.3, -0.25) is 0 Å². The monoisotopic (exact) mass is 346 g/mol. The van der Waals surface area contributed by atoms with E-state index in [1.165, 1.54) is 11.1 Å². The Morgan fingerprint density at radius 1 is 0.800 bits per heavy atom. The van der Waals surface area contributed by atoms with Crippen molar-refractivity contribution in [3.05, 3.63) is 102 Å². The first kappa shape index (κ1) is 15.9. The SMILES string of the molecule is CSC(c1ccccc1)(c1ccccc1)c1coc2c(O)cccc12. The Hall–Kier alpha value is -2.65. The second-order valence-electron chi connectivity index (χ2n) is 5.92. The quantitative estimate of drug-likeness (QED) is 0.507. The van der Waals surface area contributed by atoms with Crippen LogP contribution >= 0.6 is 11.8 Å². The molecule has 25 heavy (non-hydrogen) atoms. The van der Waals surface area contributed by atoms with Crippen LogP contribution in [0.25, 0.3) is 11.0 Å². The van der Waals surface area contributed by atoms with Crippen LogP contribution in [0, 0.1) is 0 Å². The van der Waals surface area contributed by atoms with Gasteiger partial charge in [0.05, 0.1) is 11.0 Å². The first-order valence-electron chi connectivity index (χ1n) is 8.13. The summed E-state index contributed by atoms with van der Waals surface area (Å²) in [6.45, 7) is 0. The average Bonchev–Trinajstić information content (AvgIpc) is 3.11. The van der Waals surface area contributed by atoms with Gasteiger partial charge in [0.2, 0.25) is 0 Å². The standard InChI is InChI=1S/C22H18O2S/c1-25-22(16-9-4-2-5-10-16,17-11-6-3-7-12-17)19-15-24-21-18(19)13-8-14-20(21)23/h2-15,23H,1H3. The summed E-state index contributed by atoms with van der Waals surface area (Å²) in [6.07, 6.45) is 3.89. The number of hydrogen-bond acceptors (Lipinski definition) is 3. The summed E-state index contributed by atoms with van der Waals surface area (Å²) in [5.74, 6) is 0.167. The summed E-state index contributed by atoms with van der Waals surface area (Å²) >= 11 is 1.76. The molecular formula is C22H18O2S. The molecule has 4 aromatic rings. The largest absolute Gasteiger partial charge is 0.504 e. The molecule has 0 atom stereocenters. The van der Waals surface area contributed by atoms with Crippen molar-refractivity contribution in [3.8, 4) is 5.75 Å². The number of fused-ring (bicyclic) bond motifs is 1. The fraction of sp³-hybridized carbons (Fsp3) is 0.0909. The summed E-state index contributed by atoms with van der Waals surface area (Å²) in [5, 5.41) is 11.1. The molecule has 4 rings (SSSR count). The molecule has 0 saturated carbocycles. The summed E-state index contributed by atoms with van der Waals surface area (Å²) in [4.78, 5) is 0. The number of benzene rings is 3. The van der Waals surface area contributed by atoms with E-state index < -0.39 is 4.75 Å². The number of phenols is 1. The maximum absolute atomic E-state index is 10.2. The average molecular weight is 346 g/mol. The number of aromatic hydroxyl groups is 1. The number of rotatable bonds is 4. The lowest BCUT2D eigenvalue weighted by Gasteiger charge is -2.33. The summed E-state index contributed by atoms with van der Waals surface area (Å²) in [7, 11) is 0. The van der Waals surface area contributed by atoms with Crippen LogP contribution in [0.4, 0.5) is 0 Å². The van der Waals surface area contributed by atoms with Crippen LogP contribution in [0.2, 0.25) is 0 Å². The molecule has 1 N–H and O–H groups in total. The van der Waals surface area contributed by atoms with E-state index in [2.05, 4.69) is 54.8 Å². The van der Waals surface area contributed by atoms with Gasteiger partial charge in [-0.2, -0.15) is 0 Å². The highest BCUT2D eigenvalue weighted by Gasteiger charge is 2.38. The maximum Gasteiger partial charge on any atom is 0.175 e. The van der Waals surface area contributed by atoms with Gasteiger partial charge in [0.1, 0.15) is 0 Å². The number of para-hydroxylation sites is 1. The molecule has 3 aromatic carbocycles. The zero-order valence-electron chi connectivity index (χ0n) is 13.8. The van der Waals surface area contributed by atoms with Gasteiger partial charge in [0.25, 0.3) is 0 Å². The van der Waals surface area contributed by atoms with Crippen molar-refractivity contribution in [1.82, 2.24) is 0 Å². The first-order chi connectivity index (χ1) is 12.3. The third kappa shape index (κ3) is 2.43. The lowest BCUT2D eigenvalue weighted by Crippen LogP contribution is -2.24. The lowest BCUT2D eigenvalue weighted by atomic mass is 9.84. The van der Waals surface area contributed by atoms with Crippen LogP contribution in [0.1, 0.15) is 16.7 Å². The molecule has 2 nitrogen and oxygen atoms in total. The minimum atomic E-state index is -0.415. The molecule has 0 bridgehead atoms. The van der Waals surface area contributed by atoms with Gasteiger partial charge in [0.15, 0.2) is 11.3 Å². The Morgan fingerprint density at radius 2 is 1.40 bits per heavy atom. The number of hydrogen-bond donors (Lipinski definition) is 1. The molecule has 0 aliphatic carbocycles. The molecule has 0 aliphatic heterocycles. The summed E-state index contributed by atoms with van der Waals surface area (Å²) < 4.78 is 5.35. The highest BCUT2D eigenvalue weighted by molar-refractivity contribution is 8.00. The van der Waals surface area contributed by atoms with Crippen LogP contribution in [0.15, 0.2) is 89.5 Å². The molecule has 0 unspecified atom stereocenters. The molecule has 0 spiro atoms. The Morgan fingerprint density at radius 3 is 1.96 bits per heavy atom. The Labute approximate surface area is 151 Å². The van der Waals surface area contributed by atoms with E-state index in [9.17, 15) is 5.11 Å². The van der Waals surface area contributed by atoms with Crippen LogP contribution in [-0.2, 0) is 4.75 Å². The maximum atomic E-state index is 10.2. The van der Waals surface area contributed by atoms with Crippen molar-refractivity contribution in [2.24, 2.45) is 0 Å². The third-order valence-corrected chi connectivity index (χ3v) is 5.93. The van der Waals surface area contributed by atoms with Crippen LogP contribution in [0.3, 0.4) is 0 Å². The van der Waals surface area contributed by atoms with Crippen molar-refractivity contribution in [1.29, 1.82) is 0 Å². The summed E-state index contributed by atoms with van der Waals surface area (Å²) in [5.41, 5.74) is 3.94. The van der Waals surface area contributed by atoms with Crippen molar-refractivity contribution < 1.29 is 9.52 Å². The number of furan rings is 1. The van der Waals surface area contributed by atoms with Gasteiger partial charge in [0, 0.05) is 10.9 Å². The van der Waals surface area contributed by atoms with E-state index in [1.807, 2.05) is 24.3 Å². The molecular weight excluding hydrogens is 328 g/mol. The first-order valence-corrected chi connectivity index (χ1v) is 9.35. The van der Waals surface area contributed by atoms with Crippen molar-refractivity contribution in [2.45, 2.75) is 4.75 Å². The zero-order chi connectivity index (χ0) is 17.3.